The summed E-state index contributed by atoms with van der Waals surface area (Å²) in [5.41, 5.74) is 1.46. The smallest absolute Gasteiger partial charge is 0.416 e. The van der Waals surface area contributed by atoms with E-state index in [1.807, 2.05) is 13.8 Å². The summed E-state index contributed by atoms with van der Waals surface area (Å²) in [6.07, 6.45) is -4.35. The van der Waals surface area contributed by atoms with Crippen LogP contribution in [0.25, 0.3) is 0 Å². The van der Waals surface area contributed by atoms with E-state index in [0.29, 0.717) is 22.1 Å². The molecule has 0 aliphatic heterocycles. The first-order valence-electron chi connectivity index (χ1n) is 6.31. The SMILES string of the molecule is Cc1cc(C(F)(F)F)ccc1Oc1cc(C)c(Cl)c(C)c1. The van der Waals surface area contributed by atoms with Crippen LogP contribution in [-0.4, -0.2) is 0 Å². The van der Waals surface area contributed by atoms with Gasteiger partial charge in [-0.3, -0.25) is 0 Å². The van der Waals surface area contributed by atoms with Gasteiger partial charge in [0.05, 0.1) is 5.56 Å². The molecule has 0 unspecified atom stereocenters. The van der Waals surface area contributed by atoms with E-state index in [-0.39, 0.29) is 0 Å². The summed E-state index contributed by atoms with van der Waals surface area (Å²) in [4.78, 5) is 0. The van der Waals surface area contributed by atoms with Gasteiger partial charge < -0.3 is 4.74 Å². The lowest BCUT2D eigenvalue weighted by Crippen LogP contribution is -2.05. The molecule has 0 bridgehead atoms. The highest BCUT2D eigenvalue weighted by molar-refractivity contribution is 6.32. The summed E-state index contributed by atoms with van der Waals surface area (Å²) >= 11 is 6.07. The third kappa shape index (κ3) is 3.50. The molecule has 0 aromatic heterocycles. The Morgan fingerprint density at radius 1 is 0.905 bits per heavy atom. The highest BCUT2D eigenvalue weighted by Crippen LogP contribution is 2.35. The van der Waals surface area contributed by atoms with E-state index in [2.05, 4.69) is 0 Å². The Morgan fingerprint density at radius 2 is 1.48 bits per heavy atom. The van der Waals surface area contributed by atoms with Crippen LogP contribution in [0.5, 0.6) is 11.5 Å². The average Bonchev–Trinajstić information content (AvgIpc) is 2.37. The second kappa shape index (κ2) is 5.60. The minimum Gasteiger partial charge on any atom is -0.457 e. The number of aryl methyl sites for hydroxylation is 3. The first-order chi connectivity index (χ1) is 9.68. The molecular weight excluding hydrogens is 301 g/mol. The van der Waals surface area contributed by atoms with Gasteiger partial charge in [-0.2, -0.15) is 13.2 Å². The normalized spacial score (nSPS) is 11.6. The van der Waals surface area contributed by atoms with Crippen molar-refractivity contribution in [3.8, 4) is 11.5 Å². The maximum absolute atomic E-state index is 12.6. The molecule has 0 heterocycles. The van der Waals surface area contributed by atoms with E-state index in [4.69, 9.17) is 16.3 Å². The molecule has 112 valence electrons. The summed E-state index contributed by atoms with van der Waals surface area (Å²) in [5.74, 6) is 0.946. The molecule has 5 heteroatoms. The summed E-state index contributed by atoms with van der Waals surface area (Å²) in [7, 11) is 0. The molecular formula is C16H14ClF3O. The van der Waals surface area contributed by atoms with Gasteiger partial charge in [0.15, 0.2) is 0 Å². The van der Waals surface area contributed by atoms with E-state index >= 15 is 0 Å². The number of hydrogen-bond acceptors (Lipinski definition) is 1. The van der Waals surface area contributed by atoms with Crippen molar-refractivity contribution in [1.29, 1.82) is 0 Å². The van der Waals surface area contributed by atoms with E-state index in [9.17, 15) is 13.2 Å². The van der Waals surface area contributed by atoms with Crippen molar-refractivity contribution in [2.24, 2.45) is 0 Å². The lowest BCUT2D eigenvalue weighted by molar-refractivity contribution is -0.137. The third-order valence-corrected chi connectivity index (χ3v) is 3.74. The molecule has 0 fully saturated rings. The molecule has 21 heavy (non-hydrogen) atoms. The van der Waals surface area contributed by atoms with Gasteiger partial charge >= 0.3 is 6.18 Å². The zero-order valence-corrected chi connectivity index (χ0v) is 12.6. The Kier molecular flexibility index (Phi) is 4.19. The van der Waals surface area contributed by atoms with Crippen LogP contribution in [0.3, 0.4) is 0 Å². The van der Waals surface area contributed by atoms with Crippen molar-refractivity contribution in [3.63, 3.8) is 0 Å². The van der Waals surface area contributed by atoms with Gasteiger partial charge in [-0.05, 0) is 67.8 Å². The second-order valence-corrected chi connectivity index (χ2v) is 5.33. The fraction of sp³-hybridized carbons (Fsp3) is 0.250. The molecule has 0 saturated carbocycles. The van der Waals surface area contributed by atoms with Crippen LogP contribution in [0.15, 0.2) is 30.3 Å². The fourth-order valence-corrected chi connectivity index (χ4v) is 2.14. The molecule has 0 radical (unpaired) electrons. The molecule has 2 aromatic rings. The van der Waals surface area contributed by atoms with Crippen molar-refractivity contribution in [2.75, 3.05) is 0 Å². The Bertz CT molecular complexity index is 655. The van der Waals surface area contributed by atoms with Gasteiger partial charge in [0.2, 0.25) is 0 Å². The lowest BCUT2D eigenvalue weighted by Gasteiger charge is -2.13. The monoisotopic (exact) mass is 314 g/mol. The van der Waals surface area contributed by atoms with Crippen LogP contribution in [-0.2, 0) is 6.18 Å². The van der Waals surface area contributed by atoms with Crippen LogP contribution in [0.4, 0.5) is 13.2 Å². The van der Waals surface area contributed by atoms with Crippen LogP contribution < -0.4 is 4.74 Å². The van der Waals surface area contributed by atoms with E-state index in [1.165, 1.54) is 6.07 Å². The standard InChI is InChI=1S/C16H14ClF3O/c1-9-6-12(16(18,19)20)4-5-14(9)21-13-7-10(2)15(17)11(3)8-13/h4-8H,1-3H3. The molecule has 2 aromatic carbocycles. The topological polar surface area (TPSA) is 9.23 Å². The Labute approximate surface area is 126 Å². The highest BCUT2D eigenvalue weighted by atomic mass is 35.5. The van der Waals surface area contributed by atoms with Crippen molar-refractivity contribution < 1.29 is 17.9 Å². The van der Waals surface area contributed by atoms with Gasteiger partial charge in [-0.15, -0.1) is 0 Å². The maximum atomic E-state index is 12.6. The molecule has 2 rings (SSSR count). The average molecular weight is 315 g/mol. The minimum absolute atomic E-state index is 0.393. The minimum atomic E-state index is -4.35. The maximum Gasteiger partial charge on any atom is 0.416 e. The molecule has 0 spiro atoms. The highest BCUT2D eigenvalue weighted by Gasteiger charge is 2.30. The van der Waals surface area contributed by atoms with Crippen LogP contribution in [0, 0.1) is 20.8 Å². The molecule has 1 nitrogen and oxygen atoms in total. The number of alkyl halides is 3. The van der Waals surface area contributed by atoms with Crippen LogP contribution >= 0.6 is 11.6 Å². The number of hydrogen-bond donors (Lipinski definition) is 0. The number of halogens is 4. The quantitative estimate of drug-likeness (QED) is 0.653. The van der Waals surface area contributed by atoms with Gasteiger partial charge in [0, 0.05) is 5.02 Å². The van der Waals surface area contributed by atoms with E-state index in [0.717, 1.165) is 23.3 Å². The molecule has 0 N–H and O–H groups in total. The molecule has 0 amide bonds. The number of benzene rings is 2. The summed E-state index contributed by atoms with van der Waals surface area (Å²) < 4.78 is 43.5. The van der Waals surface area contributed by atoms with Crippen LogP contribution in [0.2, 0.25) is 5.02 Å². The largest absolute Gasteiger partial charge is 0.457 e. The van der Waals surface area contributed by atoms with Gasteiger partial charge in [-0.25, -0.2) is 0 Å². The summed E-state index contributed by atoms with van der Waals surface area (Å²) in [6.45, 7) is 5.28. The first-order valence-corrected chi connectivity index (χ1v) is 6.68. The van der Waals surface area contributed by atoms with Crippen LogP contribution in [0.1, 0.15) is 22.3 Å². The molecule has 0 atom stereocenters. The van der Waals surface area contributed by atoms with E-state index < -0.39 is 11.7 Å². The predicted molar refractivity (Wildman–Crippen MR) is 77.2 cm³/mol. The van der Waals surface area contributed by atoms with Gasteiger partial charge in [0.1, 0.15) is 11.5 Å². The fourth-order valence-electron chi connectivity index (χ4n) is 2.03. The second-order valence-electron chi connectivity index (χ2n) is 4.95. The van der Waals surface area contributed by atoms with Crippen molar-refractivity contribution in [1.82, 2.24) is 0 Å². The zero-order valence-electron chi connectivity index (χ0n) is 11.8. The Morgan fingerprint density at radius 3 is 1.95 bits per heavy atom. The van der Waals surface area contributed by atoms with Gasteiger partial charge in [0.25, 0.3) is 0 Å². The molecule has 0 saturated heterocycles. The predicted octanol–water partition coefficient (Wildman–Crippen LogP) is 6.08. The Balaban J connectivity index is 2.32. The summed E-state index contributed by atoms with van der Waals surface area (Å²) in [6, 6.07) is 6.93. The number of rotatable bonds is 2. The van der Waals surface area contributed by atoms with Gasteiger partial charge in [-0.1, -0.05) is 11.6 Å². The molecule has 0 aliphatic rings. The summed E-state index contributed by atoms with van der Waals surface area (Å²) in [5, 5.41) is 0.659. The van der Waals surface area contributed by atoms with Crippen molar-refractivity contribution in [2.45, 2.75) is 26.9 Å². The third-order valence-electron chi connectivity index (χ3n) is 3.14. The van der Waals surface area contributed by atoms with Crippen molar-refractivity contribution >= 4 is 11.6 Å². The van der Waals surface area contributed by atoms with Crippen molar-refractivity contribution in [3.05, 3.63) is 57.6 Å². The van der Waals surface area contributed by atoms with E-state index in [1.54, 1.807) is 19.1 Å². The Hall–Kier alpha value is -1.68. The lowest BCUT2D eigenvalue weighted by atomic mass is 10.1. The number of ether oxygens (including phenoxy) is 1. The molecule has 0 aliphatic carbocycles. The first kappa shape index (κ1) is 15.7. The zero-order chi connectivity index (χ0) is 15.8.